The van der Waals surface area contributed by atoms with E-state index in [2.05, 4.69) is 6.92 Å². The monoisotopic (exact) mass is 210 g/mol. The van der Waals surface area contributed by atoms with E-state index in [0.29, 0.717) is 11.4 Å². The Morgan fingerprint density at radius 1 is 1.33 bits per heavy atom. The number of rotatable bonds is 5. The van der Waals surface area contributed by atoms with Gasteiger partial charge in [0.2, 0.25) is 0 Å². The van der Waals surface area contributed by atoms with Gasteiger partial charge >= 0.3 is 0 Å². The second kappa shape index (κ2) is 5.59. The van der Waals surface area contributed by atoms with Crippen molar-refractivity contribution in [1.29, 1.82) is 0 Å². The predicted octanol–water partition coefficient (Wildman–Crippen LogP) is 3.03. The molecule has 1 aromatic carbocycles. The number of anilines is 2. The summed E-state index contributed by atoms with van der Waals surface area (Å²) in [4.78, 5) is 1.92. The highest BCUT2D eigenvalue weighted by molar-refractivity contribution is 5.56. The van der Waals surface area contributed by atoms with Gasteiger partial charge in [-0.3, -0.25) is 0 Å². The van der Waals surface area contributed by atoms with Crippen LogP contribution in [0.1, 0.15) is 26.2 Å². The Balaban J connectivity index is 2.64. The molecule has 15 heavy (non-hydrogen) atoms. The van der Waals surface area contributed by atoms with E-state index in [1.165, 1.54) is 18.9 Å². The summed E-state index contributed by atoms with van der Waals surface area (Å²) < 4.78 is 13.4. The van der Waals surface area contributed by atoms with Gasteiger partial charge in [-0.1, -0.05) is 19.8 Å². The molecule has 0 unspecified atom stereocenters. The maximum atomic E-state index is 13.4. The third-order valence-corrected chi connectivity index (χ3v) is 2.48. The molecule has 0 aliphatic heterocycles. The van der Waals surface area contributed by atoms with E-state index in [9.17, 15) is 4.39 Å². The van der Waals surface area contributed by atoms with Crippen molar-refractivity contribution in [3.05, 3.63) is 24.0 Å². The molecule has 1 rings (SSSR count). The van der Waals surface area contributed by atoms with Crippen LogP contribution in [0.25, 0.3) is 0 Å². The number of hydrogen-bond acceptors (Lipinski definition) is 2. The van der Waals surface area contributed by atoms with Crippen LogP contribution in [0, 0.1) is 5.82 Å². The third kappa shape index (κ3) is 3.42. The molecule has 84 valence electrons. The van der Waals surface area contributed by atoms with Gasteiger partial charge in [-0.05, 0) is 24.6 Å². The van der Waals surface area contributed by atoms with E-state index in [1.807, 2.05) is 11.9 Å². The zero-order valence-corrected chi connectivity index (χ0v) is 9.46. The summed E-state index contributed by atoms with van der Waals surface area (Å²) in [6.45, 7) is 3.02. The van der Waals surface area contributed by atoms with Crippen molar-refractivity contribution in [2.45, 2.75) is 26.2 Å². The van der Waals surface area contributed by atoms with E-state index in [-0.39, 0.29) is 5.82 Å². The lowest BCUT2D eigenvalue weighted by Crippen LogP contribution is -2.19. The van der Waals surface area contributed by atoms with Crippen molar-refractivity contribution in [3.8, 4) is 0 Å². The Morgan fingerprint density at radius 3 is 2.73 bits per heavy atom. The van der Waals surface area contributed by atoms with Crippen molar-refractivity contribution >= 4 is 11.4 Å². The van der Waals surface area contributed by atoms with Gasteiger partial charge in [0.05, 0.1) is 5.69 Å². The molecular weight excluding hydrogens is 191 g/mol. The third-order valence-electron chi connectivity index (χ3n) is 2.48. The maximum Gasteiger partial charge on any atom is 0.146 e. The number of nitrogens with zero attached hydrogens (tertiary/aromatic N) is 1. The average Bonchev–Trinajstić information content (AvgIpc) is 2.22. The zero-order chi connectivity index (χ0) is 11.3. The second-order valence-electron chi connectivity index (χ2n) is 3.84. The largest absolute Gasteiger partial charge is 0.399 e. The molecule has 0 heterocycles. The van der Waals surface area contributed by atoms with Crippen LogP contribution in [0.5, 0.6) is 0 Å². The van der Waals surface area contributed by atoms with Crippen molar-refractivity contribution < 1.29 is 4.39 Å². The highest BCUT2D eigenvalue weighted by atomic mass is 19.1. The van der Waals surface area contributed by atoms with Crippen LogP contribution in [0.4, 0.5) is 15.8 Å². The molecule has 2 N–H and O–H groups in total. The molecule has 0 radical (unpaired) electrons. The summed E-state index contributed by atoms with van der Waals surface area (Å²) in [5, 5.41) is 0. The fourth-order valence-electron chi connectivity index (χ4n) is 1.54. The van der Waals surface area contributed by atoms with Gasteiger partial charge in [0, 0.05) is 19.3 Å². The number of hydrogen-bond donors (Lipinski definition) is 1. The molecule has 2 nitrogen and oxygen atoms in total. The van der Waals surface area contributed by atoms with Crippen LogP contribution in [0.2, 0.25) is 0 Å². The van der Waals surface area contributed by atoms with Gasteiger partial charge in [-0.25, -0.2) is 4.39 Å². The number of unbranched alkanes of at least 4 members (excludes halogenated alkanes) is 2. The summed E-state index contributed by atoms with van der Waals surface area (Å²) >= 11 is 0. The van der Waals surface area contributed by atoms with E-state index in [0.717, 1.165) is 13.0 Å². The Bertz CT molecular complexity index is 312. The lowest BCUT2D eigenvalue weighted by Gasteiger charge is -2.20. The van der Waals surface area contributed by atoms with Gasteiger partial charge in [-0.2, -0.15) is 0 Å². The fraction of sp³-hybridized carbons (Fsp3) is 0.500. The van der Waals surface area contributed by atoms with Crippen molar-refractivity contribution in [1.82, 2.24) is 0 Å². The van der Waals surface area contributed by atoms with E-state index < -0.39 is 0 Å². The van der Waals surface area contributed by atoms with Crippen molar-refractivity contribution in [3.63, 3.8) is 0 Å². The first kappa shape index (κ1) is 11.8. The number of nitrogens with two attached hydrogens (primary N) is 1. The molecule has 0 saturated heterocycles. The topological polar surface area (TPSA) is 29.3 Å². The SMILES string of the molecule is CCCCCN(C)c1cc(N)ccc1F. The first-order valence-corrected chi connectivity index (χ1v) is 5.41. The van der Waals surface area contributed by atoms with Gasteiger partial charge in [0.25, 0.3) is 0 Å². The van der Waals surface area contributed by atoms with E-state index in [1.54, 1.807) is 12.1 Å². The molecule has 0 amide bonds. The average molecular weight is 210 g/mol. The summed E-state index contributed by atoms with van der Waals surface area (Å²) in [6, 6.07) is 4.68. The highest BCUT2D eigenvalue weighted by Gasteiger charge is 2.06. The van der Waals surface area contributed by atoms with Crippen LogP contribution in [-0.2, 0) is 0 Å². The molecule has 1 aromatic rings. The summed E-state index contributed by atoms with van der Waals surface area (Å²) in [5.41, 5.74) is 6.82. The molecule has 0 spiro atoms. The van der Waals surface area contributed by atoms with Crippen molar-refractivity contribution in [2.24, 2.45) is 0 Å². The van der Waals surface area contributed by atoms with Crippen LogP contribution in [-0.4, -0.2) is 13.6 Å². The highest BCUT2D eigenvalue weighted by Crippen LogP contribution is 2.21. The smallest absolute Gasteiger partial charge is 0.146 e. The Morgan fingerprint density at radius 2 is 2.07 bits per heavy atom. The van der Waals surface area contributed by atoms with Crippen molar-refractivity contribution in [2.75, 3.05) is 24.2 Å². The molecule has 0 saturated carbocycles. The molecule has 0 atom stereocenters. The molecule has 0 bridgehead atoms. The molecule has 0 aromatic heterocycles. The van der Waals surface area contributed by atoms with Crippen LogP contribution in [0.15, 0.2) is 18.2 Å². The van der Waals surface area contributed by atoms with Gasteiger partial charge in [0.15, 0.2) is 0 Å². The van der Waals surface area contributed by atoms with Gasteiger partial charge in [-0.15, -0.1) is 0 Å². The second-order valence-corrected chi connectivity index (χ2v) is 3.84. The number of halogens is 1. The Kier molecular flexibility index (Phi) is 4.40. The minimum atomic E-state index is -0.205. The molecular formula is C12H19FN2. The maximum absolute atomic E-state index is 13.4. The Hall–Kier alpha value is -1.25. The van der Waals surface area contributed by atoms with Crippen LogP contribution < -0.4 is 10.6 Å². The van der Waals surface area contributed by atoms with Gasteiger partial charge in [0.1, 0.15) is 5.82 Å². The number of benzene rings is 1. The molecule has 0 fully saturated rings. The minimum Gasteiger partial charge on any atom is -0.399 e. The first-order valence-electron chi connectivity index (χ1n) is 5.41. The summed E-state index contributed by atoms with van der Waals surface area (Å²) in [6.07, 6.45) is 3.43. The van der Waals surface area contributed by atoms with Crippen LogP contribution in [0.3, 0.4) is 0 Å². The summed E-state index contributed by atoms with van der Waals surface area (Å²) in [5.74, 6) is -0.205. The predicted molar refractivity (Wildman–Crippen MR) is 63.6 cm³/mol. The quantitative estimate of drug-likeness (QED) is 0.598. The normalized spacial score (nSPS) is 10.3. The lowest BCUT2D eigenvalue weighted by atomic mass is 10.2. The lowest BCUT2D eigenvalue weighted by molar-refractivity contribution is 0.617. The molecule has 3 heteroatoms. The van der Waals surface area contributed by atoms with E-state index >= 15 is 0 Å². The fourth-order valence-corrected chi connectivity index (χ4v) is 1.54. The van der Waals surface area contributed by atoms with Gasteiger partial charge < -0.3 is 10.6 Å². The summed E-state index contributed by atoms with van der Waals surface area (Å²) in [7, 11) is 1.90. The molecule has 0 aliphatic carbocycles. The number of nitrogen functional groups attached to an aromatic ring is 1. The standard InChI is InChI=1S/C12H19FN2/c1-3-4-5-8-15(2)12-9-10(14)6-7-11(12)13/h6-7,9H,3-5,8,14H2,1-2H3. The zero-order valence-electron chi connectivity index (χ0n) is 9.46. The minimum absolute atomic E-state index is 0.205. The first-order chi connectivity index (χ1) is 7.15. The van der Waals surface area contributed by atoms with E-state index in [4.69, 9.17) is 5.73 Å². The Labute approximate surface area is 90.9 Å². The van der Waals surface area contributed by atoms with Crippen LogP contribution >= 0.6 is 0 Å². The molecule has 0 aliphatic rings.